The smallest absolute Gasteiger partial charge is 0.174 e. The minimum atomic E-state index is -0.0766. The summed E-state index contributed by atoms with van der Waals surface area (Å²) in [4.78, 5) is 6.84. The minimum absolute atomic E-state index is 0.0766. The molecule has 2 fully saturated rings. The number of aromatic nitrogens is 3. The standard InChI is InChI=1S/C20H22ClN5/c21-17-18(24-26-12-2-9-23-19(17)26)20(7-1-8-20)15-3-5-16(6-4-15)25-13-10-22-11-14-25/h2-6,9,12,22H,1,7-8,10-11,13-14H2. The van der Waals surface area contributed by atoms with Crippen LogP contribution in [0.4, 0.5) is 5.69 Å². The molecule has 6 heteroatoms. The van der Waals surface area contributed by atoms with E-state index < -0.39 is 0 Å². The van der Waals surface area contributed by atoms with Gasteiger partial charge >= 0.3 is 0 Å². The van der Waals surface area contributed by atoms with E-state index in [-0.39, 0.29) is 5.41 Å². The van der Waals surface area contributed by atoms with Crippen LogP contribution in [0.3, 0.4) is 0 Å². The average molecular weight is 368 g/mol. The molecule has 1 aliphatic heterocycles. The SMILES string of the molecule is Clc1c(C2(c3ccc(N4CCNCC4)cc3)CCC2)nn2cccnc12. The molecule has 0 amide bonds. The molecule has 1 N–H and O–H groups in total. The Morgan fingerprint density at radius 2 is 1.85 bits per heavy atom. The van der Waals surface area contributed by atoms with E-state index in [9.17, 15) is 0 Å². The number of halogens is 1. The zero-order chi connectivity index (χ0) is 17.6. The van der Waals surface area contributed by atoms with Crippen LogP contribution in [0.1, 0.15) is 30.5 Å². The molecule has 5 nitrogen and oxygen atoms in total. The summed E-state index contributed by atoms with van der Waals surface area (Å²) < 4.78 is 1.80. The molecule has 1 aliphatic carbocycles. The monoisotopic (exact) mass is 367 g/mol. The van der Waals surface area contributed by atoms with Crippen molar-refractivity contribution in [3.05, 3.63) is 59.0 Å². The second-order valence-corrected chi connectivity index (χ2v) is 7.65. The lowest BCUT2D eigenvalue weighted by Gasteiger charge is -2.41. The molecule has 0 spiro atoms. The number of fused-ring (bicyclic) bond motifs is 1. The van der Waals surface area contributed by atoms with Gasteiger partial charge in [0.25, 0.3) is 0 Å². The summed E-state index contributed by atoms with van der Waals surface area (Å²) in [6.07, 6.45) is 7.06. The zero-order valence-electron chi connectivity index (χ0n) is 14.7. The van der Waals surface area contributed by atoms with E-state index in [2.05, 4.69) is 39.5 Å². The van der Waals surface area contributed by atoms with Gasteiger partial charge in [-0.1, -0.05) is 30.2 Å². The third-order valence-electron chi connectivity index (χ3n) is 5.90. The Balaban J connectivity index is 1.53. The van der Waals surface area contributed by atoms with Gasteiger partial charge in [-0.2, -0.15) is 5.10 Å². The van der Waals surface area contributed by atoms with Gasteiger partial charge in [0.15, 0.2) is 5.65 Å². The Labute approximate surface area is 158 Å². The van der Waals surface area contributed by atoms with Crippen LogP contribution < -0.4 is 10.2 Å². The number of rotatable bonds is 3. The molecular formula is C20H22ClN5. The van der Waals surface area contributed by atoms with Crippen LogP contribution in [0.25, 0.3) is 5.65 Å². The molecule has 1 aromatic carbocycles. The van der Waals surface area contributed by atoms with Crippen molar-refractivity contribution in [2.24, 2.45) is 0 Å². The third kappa shape index (κ3) is 2.42. The zero-order valence-corrected chi connectivity index (χ0v) is 15.4. The molecular weight excluding hydrogens is 346 g/mol. The van der Waals surface area contributed by atoms with Crippen LogP contribution in [0, 0.1) is 0 Å². The highest BCUT2D eigenvalue weighted by Crippen LogP contribution is 2.51. The van der Waals surface area contributed by atoms with Crippen molar-refractivity contribution in [1.82, 2.24) is 19.9 Å². The van der Waals surface area contributed by atoms with Crippen LogP contribution in [-0.2, 0) is 5.41 Å². The first-order chi connectivity index (χ1) is 12.8. The summed E-state index contributed by atoms with van der Waals surface area (Å²) in [6.45, 7) is 4.23. The lowest BCUT2D eigenvalue weighted by Crippen LogP contribution is -2.43. The van der Waals surface area contributed by atoms with Crippen LogP contribution in [0.15, 0.2) is 42.7 Å². The highest BCUT2D eigenvalue weighted by molar-refractivity contribution is 6.34. The summed E-state index contributed by atoms with van der Waals surface area (Å²) in [7, 11) is 0. The summed E-state index contributed by atoms with van der Waals surface area (Å²) in [5.74, 6) is 0. The molecule has 2 aromatic heterocycles. The average Bonchev–Trinajstić information content (AvgIpc) is 3.00. The van der Waals surface area contributed by atoms with E-state index in [0.29, 0.717) is 5.02 Å². The Hall–Kier alpha value is -2.11. The minimum Gasteiger partial charge on any atom is -0.369 e. The molecule has 3 heterocycles. The van der Waals surface area contributed by atoms with Crippen LogP contribution in [0.2, 0.25) is 5.02 Å². The number of nitrogens with zero attached hydrogens (tertiary/aromatic N) is 4. The van der Waals surface area contributed by atoms with Crippen molar-refractivity contribution in [2.45, 2.75) is 24.7 Å². The Kier molecular flexibility index (Phi) is 3.87. The molecule has 0 unspecified atom stereocenters. The molecule has 2 aliphatic rings. The quantitative estimate of drug-likeness (QED) is 0.771. The topological polar surface area (TPSA) is 45.5 Å². The fourth-order valence-corrected chi connectivity index (χ4v) is 4.63. The van der Waals surface area contributed by atoms with Gasteiger partial charge in [0, 0.05) is 49.7 Å². The highest BCUT2D eigenvalue weighted by atomic mass is 35.5. The van der Waals surface area contributed by atoms with E-state index in [0.717, 1.165) is 50.4 Å². The van der Waals surface area contributed by atoms with Crippen molar-refractivity contribution >= 4 is 22.9 Å². The molecule has 1 saturated heterocycles. The van der Waals surface area contributed by atoms with Crippen LogP contribution in [-0.4, -0.2) is 40.8 Å². The van der Waals surface area contributed by atoms with Gasteiger partial charge in [0.2, 0.25) is 0 Å². The molecule has 0 radical (unpaired) electrons. The maximum absolute atomic E-state index is 6.70. The first-order valence-electron chi connectivity index (χ1n) is 9.33. The van der Waals surface area contributed by atoms with Gasteiger partial charge in [-0.3, -0.25) is 0 Å². The second kappa shape index (κ2) is 6.25. The normalized spacial score (nSPS) is 19.5. The number of nitrogens with one attached hydrogen (secondary N) is 1. The number of anilines is 1. The van der Waals surface area contributed by atoms with Crippen molar-refractivity contribution in [3.63, 3.8) is 0 Å². The molecule has 3 aromatic rings. The summed E-state index contributed by atoms with van der Waals surface area (Å²) >= 11 is 6.70. The molecule has 1 saturated carbocycles. The van der Waals surface area contributed by atoms with Gasteiger partial charge < -0.3 is 10.2 Å². The van der Waals surface area contributed by atoms with E-state index in [1.807, 2.05) is 12.3 Å². The van der Waals surface area contributed by atoms with E-state index in [1.54, 1.807) is 10.7 Å². The van der Waals surface area contributed by atoms with E-state index >= 15 is 0 Å². The second-order valence-electron chi connectivity index (χ2n) is 7.27. The Morgan fingerprint density at radius 1 is 1.08 bits per heavy atom. The molecule has 5 rings (SSSR count). The van der Waals surface area contributed by atoms with Crippen molar-refractivity contribution in [3.8, 4) is 0 Å². The Bertz CT molecular complexity index is 923. The first kappa shape index (κ1) is 16.1. The van der Waals surface area contributed by atoms with Gasteiger partial charge in [-0.15, -0.1) is 0 Å². The van der Waals surface area contributed by atoms with E-state index in [1.165, 1.54) is 17.7 Å². The molecule has 0 atom stereocenters. The number of benzene rings is 1. The maximum Gasteiger partial charge on any atom is 0.174 e. The van der Waals surface area contributed by atoms with Crippen molar-refractivity contribution in [2.75, 3.05) is 31.1 Å². The van der Waals surface area contributed by atoms with E-state index in [4.69, 9.17) is 16.7 Å². The van der Waals surface area contributed by atoms with Gasteiger partial charge in [-0.05, 0) is 36.6 Å². The maximum atomic E-state index is 6.70. The van der Waals surface area contributed by atoms with Crippen molar-refractivity contribution in [1.29, 1.82) is 0 Å². The largest absolute Gasteiger partial charge is 0.369 e. The van der Waals surface area contributed by atoms with Gasteiger partial charge in [0.1, 0.15) is 5.02 Å². The fraction of sp³-hybridized carbons (Fsp3) is 0.400. The summed E-state index contributed by atoms with van der Waals surface area (Å²) in [6, 6.07) is 10.9. The van der Waals surface area contributed by atoms with Gasteiger partial charge in [0.05, 0.1) is 5.69 Å². The van der Waals surface area contributed by atoms with Gasteiger partial charge in [-0.25, -0.2) is 9.50 Å². The third-order valence-corrected chi connectivity index (χ3v) is 6.25. The number of piperazine rings is 1. The lowest BCUT2D eigenvalue weighted by molar-refractivity contribution is 0.293. The number of hydrogen-bond donors (Lipinski definition) is 1. The lowest BCUT2D eigenvalue weighted by atomic mass is 9.62. The molecule has 26 heavy (non-hydrogen) atoms. The predicted molar refractivity (Wildman–Crippen MR) is 104 cm³/mol. The summed E-state index contributed by atoms with van der Waals surface area (Å²) in [5.41, 5.74) is 4.25. The summed E-state index contributed by atoms with van der Waals surface area (Å²) in [5, 5.41) is 8.90. The first-order valence-corrected chi connectivity index (χ1v) is 9.71. The Morgan fingerprint density at radius 3 is 2.50 bits per heavy atom. The molecule has 134 valence electrons. The predicted octanol–water partition coefficient (Wildman–Crippen LogP) is 3.26. The number of hydrogen-bond acceptors (Lipinski definition) is 4. The highest BCUT2D eigenvalue weighted by Gasteiger charge is 2.44. The van der Waals surface area contributed by atoms with Crippen LogP contribution in [0.5, 0.6) is 0 Å². The van der Waals surface area contributed by atoms with Crippen molar-refractivity contribution < 1.29 is 0 Å². The molecule has 0 bridgehead atoms. The van der Waals surface area contributed by atoms with Crippen LogP contribution >= 0.6 is 11.6 Å². The fourth-order valence-electron chi connectivity index (χ4n) is 4.27.